The van der Waals surface area contributed by atoms with Gasteiger partial charge in [-0.2, -0.15) is 0 Å². The molecule has 0 aliphatic carbocycles. The van der Waals surface area contributed by atoms with E-state index < -0.39 is 5.60 Å². The van der Waals surface area contributed by atoms with Crippen molar-refractivity contribution in [2.45, 2.75) is 58.8 Å². The van der Waals surface area contributed by atoms with E-state index in [-0.39, 0.29) is 18.8 Å². The Morgan fingerprint density at radius 2 is 1.88 bits per heavy atom. The van der Waals surface area contributed by atoms with E-state index in [1.165, 1.54) is 21.2 Å². The van der Waals surface area contributed by atoms with Crippen LogP contribution in [0.25, 0.3) is 21.2 Å². The van der Waals surface area contributed by atoms with Gasteiger partial charge in [0.15, 0.2) is 0 Å². The van der Waals surface area contributed by atoms with Gasteiger partial charge in [0, 0.05) is 41.6 Å². The third-order valence-corrected chi connectivity index (χ3v) is 6.67. The van der Waals surface area contributed by atoms with Gasteiger partial charge in [-0.15, -0.1) is 11.3 Å². The highest BCUT2D eigenvalue weighted by Crippen LogP contribution is 2.37. The van der Waals surface area contributed by atoms with Crippen molar-refractivity contribution in [1.29, 1.82) is 0 Å². The Bertz CT molecular complexity index is 1110. The number of likely N-dealkylation sites (tertiary alicyclic amines) is 1. The Kier molecular flexibility index (Phi) is 6.45. The Balaban J connectivity index is 1.42. The van der Waals surface area contributed by atoms with Crippen molar-refractivity contribution in [2.75, 3.05) is 13.1 Å². The van der Waals surface area contributed by atoms with Crippen LogP contribution in [-0.2, 0) is 11.3 Å². The first kappa shape index (κ1) is 22.6. The average molecular weight is 454 g/mol. The van der Waals surface area contributed by atoms with E-state index in [2.05, 4.69) is 36.6 Å². The number of ether oxygens (including phenoxy) is 2. The molecule has 6 heteroatoms. The molecular weight excluding hydrogens is 422 g/mol. The molecule has 1 aliphatic heterocycles. The zero-order valence-electron chi connectivity index (χ0n) is 19.2. The van der Waals surface area contributed by atoms with E-state index in [1.54, 1.807) is 16.2 Å². The molecule has 0 atom stereocenters. The number of aliphatic hydroxyl groups excluding tert-OH is 1. The van der Waals surface area contributed by atoms with Gasteiger partial charge in [-0.1, -0.05) is 12.1 Å². The zero-order valence-corrected chi connectivity index (χ0v) is 20.0. The second-order valence-electron chi connectivity index (χ2n) is 9.40. The summed E-state index contributed by atoms with van der Waals surface area (Å²) in [4.78, 5) is 14.0. The van der Waals surface area contributed by atoms with Crippen molar-refractivity contribution < 1.29 is 19.4 Å². The maximum atomic E-state index is 12.3. The minimum absolute atomic E-state index is 0.0454. The first-order valence-electron chi connectivity index (χ1n) is 11.1. The molecule has 1 aliphatic rings. The fraction of sp³-hybridized carbons (Fsp3) is 0.423. The topological polar surface area (TPSA) is 59.0 Å². The number of aryl methyl sites for hydroxylation is 1. The van der Waals surface area contributed by atoms with Crippen LogP contribution in [0.5, 0.6) is 5.75 Å². The predicted molar refractivity (Wildman–Crippen MR) is 129 cm³/mol. The summed E-state index contributed by atoms with van der Waals surface area (Å²) in [7, 11) is 0. The Morgan fingerprint density at radius 3 is 2.53 bits per heavy atom. The smallest absolute Gasteiger partial charge is 0.410 e. The number of amides is 1. The third-order valence-electron chi connectivity index (χ3n) is 5.70. The summed E-state index contributed by atoms with van der Waals surface area (Å²) < 4.78 is 12.9. The van der Waals surface area contributed by atoms with Crippen LogP contribution in [0.1, 0.15) is 44.7 Å². The van der Waals surface area contributed by atoms with Crippen LogP contribution in [-0.4, -0.2) is 40.9 Å². The maximum absolute atomic E-state index is 12.3. The minimum Gasteiger partial charge on any atom is -0.490 e. The lowest BCUT2D eigenvalue weighted by Gasteiger charge is -2.33. The Hall–Kier alpha value is -2.57. The van der Waals surface area contributed by atoms with Gasteiger partial charge in [-0.05, 0) is 74.0 Å². The molecule has 2 aromatic carbocycles. The summed E-state index contributed by atoms with van der Waals surface area (Å²) >= 11 is 1.72. The molecule has 0 radical (unpaired) electrons. The van der Waals surface area contributed by atoms with Crippen LogP contribution in [0.15, 0.2) is 41.8 Å². The van der Waals surface area contributed by atoms with Gasteiger partial charge in [0.2, 0.25) is 0 Å². The molecule has 1 fully saturated rings. The molecule has 1 N–H and O–H groups in total. The van der Waals surface area contributed by atoms with Gasteiger partial charge in [0.25, 0.3) is 0 Å². The quantitative estimate of drug-likeness (QED) is 0.515. The summed E-state index contributed by atoms with van der Waals surface area (Å²) in [6.07, 6.45) is 1.43. The van der Waals surface area contributed by atoms with Gasteiger partial charge < -0.3 is 19.5 Å². The SMILES string of the molecule is Cc1cc(OC2CCN(C(=O)OC(C)(C)C)CC2)ccc1-c1csc2ccc(CO)cc12. The Labute approximate surface area is 193 Å². The number of hydrogen-bond donors (Lipinski definition) is 1. The molecule has 4 rings (SSSR count). The number of rotatable bonds is 4. The fourth-order valence-corrected chi connectivity index (χ4v) is 5.01. The molecule has 3 aromatic rings. The number of carbonyl (C=O) groups excluding carboxylic acids is 1. The van der Waals surface area contributed by atoms with Crippen molar-refractivity contribution in [3.63, 3.8) is 0 Å². The molecule has 0 unspecified atom stereocenters. The maximum Gasteiger partial charge on any atom is 0.410 e. The molecule has 170 valence electrons. The molecule has 0 spiro atoms. The molecule has 5 nitrogen and oxygen atoms in total. The van der Waals surface area contributed by atoms with Crippen LogP contribution in [0.2, 0.25) is 0 Å². The molecule has 0 bridgehead atoms. The summed E-state index contributed by atoms with van der Waals surface area (Å²) in [5.74, 6) is 0.859. The van der Waals surface area contributed by atoms with E-state index >= 15 is 0 Å². The van der Waals surface area contributed by atoms with Crippen molar-refractivity contribution in [2.24, 2.45) is 0 Å². The van der Waals surface area contributed by atoms with Gasteiger partial charge in [0.1, 0.15) is 17.5 Å². The van der Waals surface area contributed by atoms with Crippen molar-refractivity contribution in [1.82, 2.24) is 4.90 Å². The Morgan fingerprint density at radius 1 is 1.12 bits per heavy atom. The second kappa shape index (κ2) is 9.12. The van der Waals surface area contributed by atoms with Crippen molar-refractivity contribution >= 4 is 27.5 Å². The number of aliphatic hydroxyl groups is 1. The normalized spacial score (nSPS) is 15.2. The molecule has 32 heavy (non-hydrogen) atoms. The van der Waals surface area contributed by atoms with Crippen LogP contribution in [0.3, 0.4) is 0 Å². The number of hydrogen-bond acceptors (Lipinski definition) is 5. The molecule has 2 heterocycles. The van der Waals surface area contributed by atoms with E-state index in [0.717, 1.165) is 29.7 Å². The largest absolute Gasteiger partial charge is 0.490 e. The van der Waals surface area contributed by atoms with Crippen molar-refractivity contribution in [3.8, 4) is 16.9 Å². The van der Waals surface area contributed by atoms with E-state index in [9.17, 15) is 9.90 Å². The fourth-order valence-electron chi connectivity index (χ4n) is 4.07. The third kappa shape index (κ3) is 5.08. The number of nitrogens with zero attached hydrogens (tertiary/aromatic N) is 1. The summed E-state index contributed by atoms with van der Waals surface area (Å²) in [5.41, 5.74) is 3.97. The highest BCUT2D eigenvalue weighted by Gasteiger charge is 2.27. The lowest BCUT2D eigenvalue weighted by Crippen LogP contribution is -2.44. The van der Waals surface area contributed by atoms with Crippen LogP contribution >= 0.6 is 11.3 Å². The number of fused-ring (bicyclic) bond motifs is 1. The molecule has 1 saturated heterocycles. The number of piperidine rings is 1. The number of thiophene rings is 1. The molecule has 1 aromatic heterocycles. The molecule has 1 amide bonds. The summed E-state index contributed by atoms with van der Waals surface area (Å²) in [6.45, 7) is 9.09. The van der Waals surface area contributed by atoms with Gasteiger partial charge in [0.05, 0.1) is 6.61 Å². The minimum atomic E-state index is -0.475. The predicted octanol–water partition coefficient (Wildman–Crippen LogP) is 6.15. The lowest BCUT2D eigenvalue weighted by atomic mass is 9.99. The first-order valence-corrected chi connectivity index (χ1v) is 12.0. The van der Waals surface area contributed by atoms with E-state index in [4.69, 9.17) is 9.47 Å². The second-order valence-corrected chi connectivity index (χ2v) is 10.3. The van der Waals surface area contributed by atoms with E-state index in [1.807, 2.05) is 32.9 Å². The van der Waals surface area contributed by atoms with Gasteiger partial charge in [-0.3, -0.25) is 0 Å². The highest BCUT2D eigenvalue weighted by atomic mass is 32.1. The van der Waals surface area contributed by atoms with E-state index in [0.29, 0.717) is 13.1 Å². The molecule has 0 saturated carbocycles. The van der Waals surface area contributed by atoms with Gasteiger partial charge in [-0.25, -0.2) is 4.79 Å². The number of benzene rings is 2. The number of carbonyl (C=O) groups is 1. The highest BCUT2D eigenvalue weighted by molar-refractivity contribution is 7.17. The van der Waals surface area contributed by atoms with Gasteiger partial charge >= 0.3 is 6.09 Å². The lowest BCUT2D eigenvalue weighted by molar-refractivity contribution is 0.0126. The van der Waals surface area contributed by atoms with Crippen molar-refractivity contribution in [3.05, 3.63) is 52.9 Å². The van der Waals surface area contributed by atoms with Crippen LogP contribution in [0.4, 0.5) is 4.79 Å². The van der Waals surface area contributed by atoms with Crippen LogP contribution in [0, 0.1) is 6.92 Å². The molecular formula is C26H31NO4S. The monoisotopic (exact) mass is 453 g/mol. The van der Waals surface area contributed by atoms with Crippen LogP contribution < -0.4 is 4.74 Å². The summed E-state index contributed by atoms with van der Waals surface area (Å²) in [6, 6.07) is 12.4. The zero-order chi connectivity index (χ0) is 22.9. The first-order chi connectivity index (χ1) is 15.2. The standard InChI is InChI=1S/C26H31NO4S/c1-17-13-20(30-19-9-11-27(12-10-19)25(29)31-26(2,3)4)6-7-21(17)23-16-32-24-8-5-18(15-28)14-22(23)24/h5-8,13-14,16,19,28H,9-12,15H2,1-4H3. The average Bonchev–Trinajstić information content (AvgIpc) is 3.16. The summed E-state index contributed by atoms with van der Waals surface area (Å²) in [5, 5.41) is 12.9.